The largest absolute Gasteiger partial charge is 0.0743 e. The third kappa shape index (κ3) is 3.66. The number of allylic oxidation sites excluding steroid dienone is 3. The second-order valence-corrected chi connectivity index (χ2v) is 4.12. The Morgan fingerprint density at radius 3 is 2.50 bits per heavy atom. The molecule has 0 aliphatic rings. The molecule has 74 valence electrons. The summed E-state index contributed by atoms with van der Waals surface area (Å²) in [7, 11) is 0. The van der Waals surface area contributed by atoms with Crippen molar-refractivity contribution in [3.8, 4) is 0 Å². The van der Waals surface area contributed by atoms with Crippen LogP contribution < -0.4 is 0 Å². The van der Waals surface area contributed by atoms with Gasteiger partial charge in [-0.2, -0.15) is 0 Å². The molecule has 14 heavy (non-hydrogen) atoms. The number of halogens is 1. The van der Waals surface area contributed by atoms with E-state index in [1.165, 1.54) is 11.1 Å². The minimum Gasteiger partial charge on any atom is -0.0743 e. The Balaban J connectivity index is 2.77. The van der Waals surface area contributed by atoms with Crippen molar-refractivity contribution in [1.29, 1.82) is 0 Å². The molecule has 0 saturated heterocycles. The van der Waals surface area contributed by atoms with Crippen molar-refractivity contribution in [2.45, 2.75) is 19.8 Å². The van der Waals surface area contributed by atoms with Crippen molar-refractivity contribution in [2.24, 2.45) is 0 Å². The highest BCUT2D eigenvalue weighted by molar-refractivity contribution is 14.1. The van der Waals surface area contributed by atoms with Gasteiger partial charge in [0.25, 0.3) is 0 Å². The van der Waals surface area contributed by atoms with E-state index >= 15 is 0 Å². The van der Waals surface area contributed by atoms with E-state index < -0.39 is 0 Å². The zero-order valence-electron chi connectivity index (χ0n) is 8.57. The van der Waals surface area contributed by atoms with Crippen LogP contribution in [0.1, 0.15) is 25.3 Å². The van der Waals surface area contributed by atoms with Gasteiger partial charge in [0.1, 0.15) is 0 Å². The van der Waals surface area contributed by atoms with Gasteiger partial charge in [-0.05, 0) is 22.5 Å². The quantitative estimate of drug-likeness (QED) is 0.561. The van der Waals surface area contributed by atoms with Crippen LogP contribution in [0, 0.1) is 0 Å². The lowest BCUT2D eigenvalue weighted by Gasteiger charge is -2.06. The maximum atomic E-state index is 2.28. The number of rotatable bonds is 3. The smallest absolute Gasteiger partial charge is 0.000472 e. The predicted octanol–water partition coefficient (Wildman–Crippen LogP) is 4.69. The Bertz CT molecular complexity index is 322. The Morgan fingerprint density at radius 1 is 1.29 bits per heavy atom. The molecule has 0 radical (unpaired) electrons. The fourth-order valence-electron chi connectivity index (χ4n) is 1.40. The van der Waals surface area contributed by atoms with Crippen LogP contribution in [-0.4, -0.2) is 0 Å². The maximum Gasteiger partial charge on any atom is -0.000472 e. The first-order valence-electron chi connectivity index (χ1n) is 4.74. The Morgan fingerprint density at radius 2 is 1.93 bits per heavy atom. The minimum absolute atomic E-state index is 0.490. The Kier molecular flexibility index (Phi) is 4.94. The molecular formula is C13H15I. The molecule has 0 spiro atoms. The third-order valence-corrected chi connectivity index (χ3v) is 2.52. The average Bonchev–Trinajstić information content (AvgIpc) is 2.19. The molecule has 1 atom stereocenters. The van der Waals surface area contributed by atoms with Gasteiger partial charge in [-0.3, -0.25) is 0 Å². The molecule has 0 heterocycles. The summed E-state index contributed by atoms with van der Waals surface area (Å²) in [5.74, 6) is 0.490. The first-order valence-corrected chi connectivity index (χ1v) is 5.98. The van der Waals surface area contributed by atoms with Crippen molar-refractivity contribution in [3.05, 3.63) is 57.7 Å². The second kappa shape index (κ2) is 6.02. The number of hydrogen-bond donors (Lipinski definition) is 0. The normalized spacial score (nSPS) is 14.6. The molecule has 1 rings (SSSR count). The topological polar surface area (TPSA) is 0 Å². The van der Waals surface area contributed by atoms with E-state index in [-0.39, 0.29) is 0 Å². The van der Waals surface area contributed by atoms with Gasteiger partial charge in [0.15, 0.2) is 0 Å². The molecule has 0 amide bonds. The van der Waals surface area contributed by atoms with Crippen molar-refractivity contribution in [1.82, 2.24) is 0 Å². The molecule has 0 N–H and O–H groups in total. The highest BCUT2D eigenvalue weighted by atomic mass is 127. The fourth-order valence-corrected chi connectivity index (χ4v) is 1.97. The molecule has 0 fully saturated rings. The summed E-state index contributed by atoms with van der Waals surface area (Å²) in [6.45, 7) is 4.36. The third-order valence-electron chi connectivity index (χ3n) is 2.16. The van der Waals surface area contributed by atoms with Crippen LogP contribution >= 0.6 is 22.6 Å². The summed E-state index contributed by atoms with van der Waals surface area (Å²) in [5.41, 5.74) is 2.68. The minimum atomic E-state index is 0.490. The van der Waals surface area contributed by atoms with Gasteiger partial charge in [-0.25, -0.2) is 0 Å². The van der Waals surface area contributed by atoms with Gasteiger partial charge in [0.2, 0.25) is 0 Å². The Hall–Kier alpha value is -0.570. The lowest BCUT2D eigenvalue weighted by molar-refractivity contribution is 0.958. The summed E-state index contributed by atoms with van der Waals surface area (Å²) in [6.07, 6.45) is 4.41. The molecule has 0 aliphatic heterocycles. The molecule has 0 saturated carbocycles. The van der Waals surface area contributed by atoms with Crippen molar-refractivity contribution < 1.29 is 0 Å². The zero-order chi connectivity index (χ0) is 10.4. The lowest BCUT2D eigenvalue weighted by Crippen LogP contribution is -1.88. The van der Waals surface area contributed by atoms with Crippen LogP contribution in [0.2, 0.25) is 0 Å². The maximum absolute atomic E-state index is 2.28. The summed E-state index contributed by atoms with van der Waals surface area (Å²) >= 11 is 2.24. The van der Waals surface area contributed by atoms with Gasteiger partial charge >= 0.3 is 0 Å². The first-order chi connectivity index (χ1) is 6.74. The molecule has 0 aliphatic carbocycles. The first kappa shape index (κ1) is 11.5. The molecule has 0 aromatic heterocycles. The van der Waals surface area contributed by atoms with E-state index in [1.807, 2.05) is 4.08 Å². The molecule has 1 aromatic rings. The van der Waals surface area contributed by atoms with E-state index in [9.17, 15) is 0 Å². The average molecular weight is 298 g/mol. The number of benzene rings is 1. The molecule has 0 nitrogen and oxygen atoms in total. The Labute approximate surface area is 99.9 Å². The van der Waals surface area contributed by atoms with Crippen molar-refractivity contribution >= 4 is 22.6 Å². The molecule has 1 aromatic carbocycles. The van der Waals surface area contributed by atoms with E-state index in [1.54, 1.807) is 0 Å². The summed E-state index contributed by atoms with van der Waals surface area (Å²) in [6, 6.07) is 10.6. The number of hydrogen-bond acceptors (Lipinski definition) is 0. The van der Waals surface area contributed by atoms with E-state index in [4.69, 9.17) is 0 Å². The van der Waals surface area contributed by atoms with Crippen LogP contribution in [0.3, 0.4) is 0 Å². The predicted molar refractivity (Wildman–Crippen MR) is 71.8 cm³/mol. The summed E-state index contributed by atoms with van der Waals surface area (Å²) in [4.78, 5) is 0. The highest BCUT2D eigenvalue weighted by Gasteiger charge is 1.99. The highest BCUT2D eigenvalue weighted by Crippen LogP contribution is 2.18. The molecule has 0 bridgehead atoms. The summed E-state index contributed by atoms with van der Waals surface area (Å²) in [5, 5.41) is 0. The van der Waals surface area contributed by atoms with Crippen LogP contribution in [0.4, 0.5) is 0 Å². The van der Waals surface area contributed by atoms with E-state index in [0.29, 0.717) is 5.92 Å². The van der Waals surface area contributed by atoms with Gasteiger partial charge in [-0.15, -0.1) is 0 Å². The van der Waals surface area contributed by atoms with Crippen LogP contribution in [0.15, 0.2) is 52.1 Å². The molecule has 0 unspecified atom stereocenters. The van der Waals surface area contributed by atoms with Gasteiger partial charge < -0.3 is 0 Å². The lowest BCUT2D eigenvalue weighted by atomic mass is 9.99. The van der Waals surface area contributed by atoms with E-state index in [0.717, 1.165) is 0 Å². The second-order valence-electron chi connectivity index (χ2n) is 3.40. The standard InChI is InChI=1S/C13H15I/c1-11(8-9-14)10-12(2)13-6-4-3-5-7-13/h3-10,12H,1-2H3/b9-8-,11-10+/t12-/m0/s1. The van der Waals surface area contributed by atoms with Gasteiger partial charge in [-0.1, -0.05) is 77.6 Å². The van der Waals surface area contributed by atoms with Crippen LogP contribution in [0.25, 0.3) is 0 Å². The van der Waals surface area contributed by atoms with Crippen LogP contribution in [-0.2, 0) is 0 Å². The van der Waals surface area contributed by atoms with E-state index in [2.05, 4.69) is 78.9 Å². The monoisotopic (exact) mass is 298 g/mol. The zero-order valence-corrected chi connectivity index (χ0v) is 10.7. The molecule has 1 heteroatoms. The SMILES string of the molecule is CC(/C=C\I)=C\[C@H](C)c1ccccc1. The fraction of sp³-hybridized carbons (Fsp3) is 0.231. The van der Waals surface area contributed by atoms with Gasteiger partial charge in [0.05, 0.1) is 0 Å². The van der Waals surface area contributed by atoms with Crippen LogP contribution in [0.5, 0.6) is 0 Å². The molecular weight excluding hydrogens is 283 g/mol. The summed E-state index contributed by atoms with van der Waals surface area (Å²) < 4.78 is 2.04. The van der Waals surface area contributed by atoms with Crippen molar-refractivity contribution in [3.63, 3.8) is 0 Å². The van der Waals surface area contributed by atoms with Crippen molar-refractivity contribution in [2.75, 3.05) is 0 Å². The van der Waals surface area contributed by atoms with Gasteiger partial charge in [0, 0.05) is 0 Å².